The average Bonchev–Trinajstić information content (AvgIpc) is 2.50. The highest BCUT2D eigenvalue weighted by molar-refractivity contribution is 9.09. The van der Waals surface area contributed by atoms with E-state index < -0.39 is 12.6 Å². The summed E-state index contributed by atoms with van der Waals surface area (Å²) in [6, 6.07) is 8.82. The third kappa shape index (κ3) is 11.6. The summed E-state index contributed by atoms with van der Waals surface area (Å²) >= 11 is 3.46. The number of halogens is 4. The summed E-state index contributed by atoms with van der Waals surface area (Å²) in [6.45, 7) is 0. The smallest absolute Gasteiger partial charge is 0.171 e. The molecule has 1 aromatic rings. The first-order valence-electron chi connectivity index (χ1n) is 8.72. The molecule has 0 aliphatic rings. The van der Waals surface area contributed by atoms with Gasteiger partial charge in [-0.2, -0.15) is 13.2 Å². The number of benzene rings is 1. The molecule has 0 unspecified atom stereocenters. The normalized spacial score (nSPS) is 11.8. The van der Waals surface area contributed by atoms with E-state index >= 15 is 0 Å². The van der Waals surface area contributed by atoms with Gasteiger partial charge in [0.05, 0.1) is 0 Å². The Bertz CT molecular complexity index is 415. The summed E-state index contributed by atoms with van der Waals surface area (Å²) in [6.07, 6.45) is 5.23. The van der Waals surface area contributed by atoms with Crippen LogP contribution in [-0.2, 0) is 12.8 Å². The first-order valence-corrected chi connectivity index (χ1v) is 9.84. The molecule has 0 spiro atoms. The molecule has 0 nitrogen and oxygen atoms in total. The van der Waals surface area contributed by atoms with Crippen LogP contribution in [0.15, 0.2) is 24.3 Å². The fourth-order valence-electron chi connectivity index (χ4n) is 2.75. The molecule has 0 aliphatic heterocycles. The molecule has 0 aliphatic carbocycles. The summed E-state index contributed by atoms with van der Waals surface area (Å²) in [4.78, 5) is 0. The number of hydrogen-bond acceptors (Lipinski definition) is 0. The van der Waals surface area contributed by atoms with E-state index in [1.807, 2.05) is 0 Å². The van der Waals surface area contributed by atoms with Crippen molar-refractivity contribution < 1.29 is 13.2 Å². The minimum Gasteiger partial charge on any atom is -0.171 e. The maximum absolute atomic E-state index is 12.0. The van der Waals surface area contributed by atoms with Gasteiger partial charge in [-0.3, -0.25) is 0 Å². The molecule has 0 saturated carbocycles. The molecule has 0 N–H and O–H groups in total. The number of alkyl halides is 4. The van der Waals surface area contributed by atoms with Gasteiger partial charge in [-0.25, -0.2) is 0 Å². The van der Waals surface area contributed by atoms with Crippen LogP contribution < -0.4 is 0 Å². The highest BCUT2D eigenvalue weighted by atomic mass is 79.9. The fourth-order valence-corrected chi connectivity index (χ4v) is 3.03. The van der Waals surface area contributed by atoms with Crippen LogP contribution in [0.4, 0.5) is 13.2 Å². The van der Waals surface area contributed by atoms with Crippen molar-refractivity contribution in [3.63, 3.8) is 0 Å². The highest BCUT2D eigenvalue weighted by Crippen LogP contribution is 2.23. The van der Waals surface area contributed by atoms with Crippen molar-refractivity contribution >= 4 is 15.9 Å². The van der Waals surface area contributed by atoms with Crippen molar-refractivity contribution in [1.82, 2.24) is 0 Å². The number of rotatable bonds is 12. The summed E-state index contributed by atoms with van der Waals surface area (Å²) in [5.41, 5.74) is 2.81. The molecule has 0 aromatic heterocycles. The molecule has 0 fully saturated rings. The molecule has 0 heterocycles. The van der Waals surface area contributed by atoms with E-state index in [2.05, 4.69) is 40.2 Å². The Hall–Kier alpha value is -0.510. The third-order valence-corrected chi connectivity index (χ3v) is 4.58. The predicted octanol–water partition coefficient (Wildman–Crippen LogP) is 7.24. The van der Waals surface area contributed by atoms with Crippen LogP contribution in [0, 0.1) is 0 Å². The molecule has 0 amide bonds. The summed E-state index contributed by atoms with van der Waals surface area (Å²) < 4.78 is 36.0. The first-order chi connectivity index (χ1) is 11.0. The standard InChI is InChI=1S/C19H28BrF3/c20-15-9-13-18-12-8-11-17(16-18)10-6-4-2-1-3-5-7-14-19(21,22)23/h8,11-12,16H,1-7,9-10,13-15H2. The second-order valence-electron chi connectivity index (χ2n) is 6.20. The largest absolute Gasteiger partial charge is 0.389 e. The molecular weight excluding hydrogens is 365 g/mol. The molecule has 132 valence electrons. The van der Waals surface area contributed by atoms with Crippen molar-refractivity contribution in [2.75, 3.05) is 5.33 Å². The molecule has 0 saturated heterocycles. The van der Waals surface area contributed by atoms with Crippen molar-refractivity contribution in [2.24, 2.45) is 0 Å². The van der Waals surface area contributed by atoms with Crippen LogP contribution in [0.5, 0.6) is 0 Å². The summed E-state index contributed by atoms with van der Waals surface area (Å²) in [5, 5.41) is 1.04. The minimum absolute atomic E-state index is 0.282. The quantitative estimate of drug-likeness (QED) is 0.259. The van der Waals surface area contributed by atoms with Gasteiger partial charge in [-0.05, 0) is 43.2 Å². The second-order valence-corrected chi connectivity index (χ2v) is 7.00. The van der Waals surface area contributed by atoms with Crippen molar-refractivity contribution in [3.8, 4) is 0 Å². The lowest BCUT2D eigenvalue weighted by Crippen LogP contribution is -2.06. The monoisotopic (exact) mass is 392 g/mol. The van der Waals surface area contributed by atoms with Gasteiger partial charge in [0.1, 0.15) is 0 Å². The second kappa shape index (κ2) is 11.9. The van der Waals surface area contributed by atoms with E-state index in [1.165, 1.54) is 24.0 Å². The zero-order valence-corrected chi connectivity index (χ0v) is 15.4. The average molecular weight is 393 g/mol. The SMILES string of the molecule is FC(F)(F)CCCCCCCCCc1cccc(CCCBr)c1. The summed E-state index contributed by atoms with van der Waals surface area (Å²) in [5.74, 6) is 0. The maximum Gasteiger partial charge on any atom is 0.389 e. The Kier molecular flexibility index (Phi) is 10.7. The topological polar surface area (TPSA) is 0 Å². The predicted molar refractivity (Wildman–Crippen MR) is 95.3 cm³/mol. The van der Waals surface area contributed by atoms with E-state index in [0.29, 0.717) is 6.42 Å². The Morgan fingerprint density at radius 3 is 1.83 bits per heavy atom. The van der Waals surface area contributed by atoms with E-state index in [-0.39, 0.29) is 6.42 Å². The Balaban J connectivity index is 2.02. The first kappa shape index (κ1) is 20.5. The van der Waals surface area contributed by atoms with E-state index in [0.717, 1.165) is 43.9 Å². The van der Waals surface area contributed by atoms with E-state index in [9.17, 15) is 13.2 Å². The van der Waals surface area contributed by atoms with Gasteiger partial charge in [0, 0.05) is 11.8 Å². The molecule has 0 radical (unpaired) electrons. The number of aryl methyl sites for hydroxylation is 2. The molecule has 4 heteroatoms. The Morgan fingerprint density at radius 1 is 0.739 bits per heavy atom. The van der Waals surface area contributed by atoms with Gasteiger partial charge in [-0.1, -0.05) is 72.3 Å². The van der Waals surface area contributed by atoms with Crippen molar-refractivity contribution in [3.05, 3.63) is 35.4 Å². The van der Waals surface area contributed by atoms with Crippen molar-refractivity contribution in [2.45, 2.75) is 76.8 Å². The molecule has 0 atom stereocenters. The van der Waals surface area contributed by atoms with Gasteiger partial charge >= 0.3 is 6.18 Å². The Labute approximate surface area is 147 Å². The molecule has 1 aromatic carbocycles. The Morgan fingerprint density at radius 2 is 1.26 bits per heavy atom. The maximum atomic E-state index is 12.0. The van der Waals surface area contributed by atoms with Crippen LogP contribution in [0.3, 0.4) is 0 Å². The van der Waals surface area contributed by atoms with Gasteiger partial charge < -0.3 is 0 Å². The summed E-state index contributed by atoms with van der Waals surface area (Å²) in [7, 11) is 0. The number of unbranched alkanes of at least 4 members (excludes halogenated alkanes) is 6. The van der Waals surface area contributed by atoms with Gasteiger partial charge in [0.2, 0.25) is 0 Å². The third-order valence-electron chi connectivity index (χ3n) is 4.02. The zero-order valence-electron chi connectivity index (χ0n) is 13.8. The lowest BCUT2D eigenvalue weighted by Gasteiger charge is -2.06. The van der Waals surface area contributed by atoms with Gasteiger partial charge in [0.15, 0.2) is 0 Å². The van der Waals surface area contributed by atoms with Crippen LogP contribution in [0.25, 0.3) is 0 Å². The fraction of sp³-hybridized carbons (Fsp3) is 0.684. The lowest BCUT2D eigenvalue weighted by atomic mass is 10.0. The van der Waals surface area contributed by atoms with Crippen molar-refractivity contribution in [1.29, 1.82) is 0 Å². The molecule has 23 heavy (non-hydrogen) atoms. The van der Waals surface area contributed by atoms with Gasteiger partial charge in [-0.15, -0.1) is 0 Å². The van der Waals surface area contributed by atoms with Crippen LogP contribution in [0.2, 0.25) is 0 Å². The zero-order chi connectivity index (χ0) is 17.0. The van der Waals surface area contributed by atoms with Gasteiger partial charge in [0.25, 0.3) is 0 Å². The molecular formula is C19H28BrF3. The molecule has 1 rings (SSSR count). The minimum atomic E-state index is -3.98. The van der Waals surface area contributed by atoms with Crippen LogP contribution >= 0.6 is 15.9 Å². The molecule has 0 bridgehead atoms. The lowest BCUT2D eigenvalue weighted by molar-refractivity contribution is -0.135. The van der Waals surface area contributed by atoms with E-state index in [1.54, 1.807) is 0 Å². The highest BCUT2D eigenvalue weighted by Gasteiger charge is 2.25. The number of hydrogen-bond donors (Lipinski definition) is 0. The van der Waals surface area contributed by atoms with Crippen LogP contribution in [-0.4, -0.2) is 11.5 Å². The van der Waals surface area contributed by atoms with Crippen LogP contribution in [0.1, 0.15) is 68.9 Å². The van der Waals surface area contributed by atoms with E-state index in [4.69, 9.17) is 0 Å².